The minimum absolute atomic E-state index is 0.239. The number of amides is 2. The SMILES string of the molecule is CC(NC(=O)c1ccc(C(=O)NO)s1)c1ccc(-c2ccccc2F)s1. The third-order valence-corrected chi connectivity index (χ3v) is 6.08. The number of nitrogens with one attached hydrogen (secondary N) is 2. The van der Waals surface area contributed by atoms with Gasteiger partial charge in [0.15, 0.2) is 0 Å². The molecule has 3 aromatic rings. The molecule has 0 radical (unpaired) electrons. The van der Waals surface area contributed by atoms with Crippen LogP contribution in [0.1, 0.15) is 37.2 Å². The first-order valence-corrected chi connectivity index (χ1v) is 9.32. The molecule has 0 aliphatic carbocycles. The number of carbonyl (C=O) groups excluding carboxylic acids is 2. The highest BCUT2D eigenvalue weighted by atomic mass is 32.1. The summed E-state index contributed by atoms with van der Waals surface area (Å²) < 4.78 is 13.9. The van der Waals surface area contributed by atoms with Crippen molar-refractivity contribution in [2.45, 2.75) is 13.0 Å². The molecule has 2 amide bonds. The fraction of sp³-hybridized carbons (Fsp3) is 0.111. The van der Waals surface area contributed by atoms with Crippen molar-refractivity contribution >= 4 is 34.5 Å². The van der Waals surface area contributed by atoms with Crippen molar-refractivity contribution in [2.75, 3.05) is 0 Å². The molecule has 26 heavy (non-hydrogen) atoms. The van der Waals surface area contributed by atoms with Crippen molar-refractivity contribution in [2.24, 2.45) is 0 Å². The molecule has 1 atom stereocenters. The van der Waals surface area contributed by atoms with E-state index in [1.165, 1.54) is 35.0 Å². The van der Waals surface area contributed by atoms with Gasteiger partial charge in [0.1, 0.15) is 5.82 Å². The molecule has 0 saturated heterocycles. The summed E-state index contributed by atoms with van der Waals surface area (Å²) in [6, 6.07) is 13.0. The number of hydrogen-bond acceptors (Lipinski definition) is 5. The predicted molar refractivity (Wildman–Crippen MR) is 99.2 cm³/mol. The fourth-order valence-electron chi connectivity index (χ4n) is 2.37. The van der Waals surface area contributed by atoms with Gasteiger partial charge >= 0.3 is 0 Å². The van der Waals surface area contributed by atoms with Gasteiger partial charge in [0, 0.05) is 15.3 Å². The standard InChI is InChI=1S/C18H15FN2O3S2/c1-10(20-17(22)15-8-9-16(26-15)18(23)21-24)13-6-7-14(25-13)11-4-2-3-5-12(11)19/h2-10,24H,1H3,(H,20,22)(H,21,23). The van der Waals surface area contributed by atoms with Crippen LogP contribution in [0.15, 0.2) is 48.5 Å². The van der Waals surface area contributed by atoms with E-state index in [4.69, 9.17) is 5.21 Å². The van der Waals surface area contributed by atoms with Gasteiger partial charge in [0.05, 0.1) is 15.8 Å². The monoisotopic (exact) mass is 390 g/mol. The second-order valence-corrected chi connectivity index (χ2v) is 7.68. The van der Waals surface area contributed by atoms with Crippen molar-refractivity contribution in [3.8, 4) is 10.4 Å². The lowest BCUT2D eigenvalue weighted by Crippen LogP contribution is -2.25. The minimum Gasteiger partial charge on any atom is -0.344 e. The summed E-state index contributed by atoms with van der Waals surface area (Å²) in [6.45, 7) is 1.84. The first-order chi connectivity index (χ1) is 12.5. The molecular weight excluding hydrogens is 375 g/mol. The number of rotatable bonds is 5. The average molecular weight is 390 g/mol. The summed E-state index contributed by atoms with van der Waals surface area (Å²) in [4.78, 5) is 26.0. The van der Waals surface area contributed by atoms with Gasteiger partial charge in [-0.05, 0) is 37.3 Å². The molecule has 3 rings (SSSR count). The van der Waals surface area contributed by atoms with Crippen molar-refractivity contribution in [1.29, 1.82) is 0 Å². The number of hydroxylamine groups is 1. The Balaban J connectivity index is 1.71. The van der Waals surface area contributed by atoms with Gasteiger partial charge in [0.25, 0.3) is 11.8 Å². The van der Waals surface area contributed by atoms with E-state index in [1.807, 2.05) is 19.1 Å². The van der Waals surface area contributed by atoms with Crippen LogP contribution < -0.4 is 10.8 Å². The summed E-state index contributed by atoms with van der Waals surface area (Å²) in [5.41, 5.74) is 2.06. The van der Waals surface area contributed by atoms with E-state index in [9.17, 15) is 14.0 Å². The predicted octanol–water partition coefficient (Wildman–Crippen LogP) is 4.23. The fourth-order valence-corrected chi connectivity index (χ4v) is 4.20. The normalized spacial score (nSPS) is 11.8. The number of halogens is 1. The van der Waals surface area contributed by atoms with E-state index >= 15 is 0 Å². The summed E-state index contributed by atoms with van der Waals surface area (Å²) in [7, 11) is 0. The molecule has 0 saturated carbocycles. The Kier molecular flexibility index (Phi) is 5.46. The maximum absolute atomic E-state index is 13.9. The molecular formula is C18H15FN2O3S2. The van der Waals surface area contributed by atoms with Crippen LogP contribution in [0, 0.1) is 5.82 Å². The molecule has 0 aliphatic rings. The highest BCUT2D eigenvalue weighted by Gasteiger charge is 2.17. The molecule has 0 spiro atoms. The highest BCUT2D eigenvalue weighted by molar-refractivity contribution is 7.16. The van der Waals surface area contributed by atoms with Crippen LogP contribution in [0.5, 0.6) is 0 Å². The molecule has 2 aromatic heterocycles. The Morgan fingerprint density at radius 3 is 2.38 bits per heavy atom. The Hall–Kier alpha value is -2.55. The van der Waals surface area contributed by atoms with E-state index in [0.29, 0.717) is 10.4 Å². The Bertz CT molecular complexity index is 951. The summed E-state index contributed by atoms with van der Waals surface area (Å²) in [5, 5.41) is 11.5. The van der Waals surface area contributed by atoms with Gasteiger partial charge in [-0.25, -0.2) is 9.87 Å². The molecule has 1 aromatic carbocycles. The number of benzene rings is 1. The maximum Gasteiger partial charge on any atom is 0.284 e. The second kappa shape index (κ2) is 7.77. The van der Waals surface area contributed by atoms with Gasteiger partial charge in [-0.1, -0.05) is 18.2 Å². The third kappa shape index (κ3) is 3.82. The largest absolute Gasteiger partial charge is 0.344 e. The summed E-state index contributed by atoms with van der Waals surface area (Å²) in [5.74, 6) is -1.26. The van der Waals surface area contributed by atoms with Crippen LogP contribution in [0.2, 0.25) is 0 Å². The van der Waals surface area contributed by atoms with Crippen molar-refractivity contribution in [3.63, 3.8) is 0 Å². The Labute approximate surface area is 157 Å². The van der Waals surface area contributed by atoms with Gasteiger partial charge in [-0.3, -0.25) is 14.8 Å². The van der Waals surface area contributed by atoms with E-state index in [-0.39, 0.29) is 22.6 Å². The maximum atomic E-state index is 13.9. The number of hydrogen-bond donors (Lipinski definition) is 3. The number of carbonyl (C=O) groups is 2. The first kappa shape index (κ1) is 18.2. The smallest absolute Gasteiger partial charge is 0.284 e. The third-order valence-electron chi connectivity index (χ3n) is 3.70. The van der Waals surface area contributed by atoms with Crippen LogP contribution in [-0.2, 0) is 0 Å². The molecule has 1 unspecified atom stereocenters. The molecule has 3 N–H and O–H groups in total. The van der Waals surface area contributed by atoms with Crippen molar-refractivity contribution in [1.82, 2.24) is 10.8 Å². The molecule has 2 heterocycles. The average Bonchev–Trinajstić information content (AvgIpc) is 3.31. The lowest BCUT2D eigenvalue weighted by Gasteiger charge is -2.11. The van der Waals surface area contributed by atoms with Crippen LogP contribution in [0.4, 0.5) is 4.39 Å². The van der Waals surface area contributed by atoms with Gasteiger partial charge in [-0.2, -0.15) is 0 Å². The van der Waals surface area contributed by atoms with Crippen LogP contribution in [0.3, 0.4) is 0 Å². The van der Waals surface area contributed by atoms with Crippen LogP contribution in [-0.4, -0.2) is 17.0 Å². The van der Waals surface area contributed by atoms with Crippen LogP contribution in [0.25, 0.3) is 10.4 Å². The molecule has 8 heteroatoms. The quantitative estimate of drug-likeness (QED) is 0.451. The molecule has 0 aliphatic heterocycles. The molecule has 0 fully saturated rings. The number of thiophene rings is 2. The zero-order valence-electron chi connectivity index (χ0n) is 13.7. The van der Waals surface area contributed by atoms with Gasteiger partial charge < -0.3 is 5.32 Å². The molecule has 5 nitrogen and oxygen atoms in total. The van der Waals surface area contributed by atoms with Crippen molar-refractivity contribution in [3.05, 3.63) is 69.0 Å². The van der Waals surface area contributed by atoms with E-state index in [1.54, 1.807) is 18.2 Å². The zero-order chi connectivity index (χ0) is 18.7. The summed E-state index contributed by atoms with van der Waals surface area (Å²) >= 11 is 2.40. The Morgan fingerprint density at radius 1 is 1.00 bits per heavy atom. The zero-order valence-corrected chi connectivity index (χ0v) is 15.3. The van der Waals surface area contributed by atoms with Crippen molar-refractivity contribution < 1.29 is 19.2 Å². The first-order valence-electron chi connectivity index (χ1n) is 7.69. The second-order valence-electron chi connectivity index (χ2n) is 5.48. The van der Waals surface area contributed by atoms with E-state index in [0.717, 1.165) is 21.1 Å². The van der Waals surface area contributed by atoms with Gasteiger partial charge in [-0.15, -0.1) is 22.7 Å². The topological polar surface area (TPSA) is 78.4 Å². The summed E-state index contributed by atoms with van der Waals surface area (Å²) in [6.07, 6.45) is 0. The molecule has 0 bridgehead atoms. The highest BCUT2D eigenvalue weighted by Crippen LogP contribution is 2.33. The van der Waals surface area contributed by atoms with Gasteiger partial charge in [0.2, 0.25) is 0 Å². The minimum atomic E-state index is -0.658. The Morgan fingerprint density at radius 2 is 1.69 bits per heavy atom. The molecule has 134 valence electrons. The van der Waals surface area contributed by atoms with E-state index < -0.39 is 5.91 Å². The lowest BCUT2D eigenvalue weighted by molar-refractivity contribution is 0.0711. The van der Waals surface area contributed by atoms with Crippen LogP contribution >= 0.6 is 22.7 Å². The lowest BCUT2D eigenvalue weighted by atomic mass is 10.2. The van der Waals surface area contributed by atoms with E-state index in [2.05, 4.69) is 5.32 Å².